The molecule has 2 N–H and O–H groups in total. The van der Waals surface area contributed by atoms with Crippen molar-refractivity contribution >= 4 is 11.8 Å². The average molecular weight is 434 g/mol. The van der Waals surface area contributed by atoms with Crippen molar-refractivity contribution in [3.8, 4) is 0 Å². The van der Waals surface area contributed by atoms with E-state index < -0.39 is 17.6 Å². The highest BCUT2D eigenvalue weighted by atomic mass is 16.3. The molecule has 1 aliphatic heterocycles. The van der Waals surface area contributed by atoms with E-state index in [1.54, 1.807) is 18.3 Å². The Bertz CT molecular complexity index is 979. The molecule has 2 aliphatic carbocycles. The molecule has 2 amide bonds. The van der Waals surface area contributed by atoms with Crippen molar-refractivity contribution in [3.63, 3.8) is 0 Å². The molecule has 168 valence electrons. The number of likely N-dealkylation sites (tertiary alicyclic amines) is 1. The Hall–Kier alpha value is -2.73. The zero-order valence-corrected chi connectivity index (χ0v) is 18.4. The summed E-state index contributed by atoms with van der Waals surface area (Å²) in [5.74, 6) is 0.565. The second kappa shape index (κ2) is 8.66. The minimum atomic E-state index is -0.729. The Morgan fingerprint density at radius 1 is 1.09 bits per heavy atom. The largest absolute Gasteiger partial charge is 0.390 e. The minimum Gasteiger partial charge on any atom is -0.390 e. The van der Waals surface area contributed by atoms with Crippen molar-refractivity contribution < 1.29 is 14.7 Å². The highest BCUT2D eigenvalue weighted by molar-refractivity contribution is 5.94. The van der Waals surface area contributed by atoms with E-state index in [2.05, 4.69) is 16.4 Å². The van der Waals surface area contributed by atoms with Crippen LogP contribution in [-0.4, -0.2) is 46.0 Å². The molecular weight excluding hydrogens is 402 g/mol. The normalized spacial score (nSPS) is 24.5. The molecule has 2 heterocycles. The molecule has 1 saturated heterocycles. The zero-order valence-electron chi connectivity index (χ0n) is 18.4. The molecule has 3 aliphatic rings. The van der Waals surface area contributed by atoms with Gasteiger partial charge in [0.2, 0.25) is 5.91 Å². The fraction of sp³-hybridized carbons (Fsp3) is 0.500. The first-order valence-corrected chi connectivity index (χ1v) is 11.8. The smallest absolute Gasteiger partial charge is 0.253 e. The first kappa shape index (κ1) is 21.1. The number of amides is 2. The summed E-state index contributed by atoms with van der Waals surface area (Å²) in [6.07, 6.45) is 9.36. The molecule has 1 aromatic heterocycles. The number of fused-ring (bicyclic) bond motifs is 2. The minimum absolute atomic E-state index is 0.238. The Morgan fingerprint density at radius 3 is 2.56 bits per heavy atom. The molecule has 2 atom stereocenters. The van der Waals surface area contributed by atoms with Crippen LogP contribution in [0.25, 0.3) is 0 Å². The maximum absolute atomic E-state index is 12.9. The van der Waals surface area contributed by atoms with Gasteiger partial charge in [0, 0.05) is 37.3 Å². The van der Waals surface area contributed by atoms with Crippen LogP contribution in [0.1, 0.15) is 72.5 Å². The molecule has 6 heteroatoms. The van der Waals surface area contributed by atoms with E-state index in [9.17, 15) is 14.7 Å². The lowest BCUT2D eigenvalue weighted by Gasteiger charge is -2.43. The van der Waals surface area contributed by atoms with E-state index in [1.165, 1.54) is 31.9 Å². The number of carbonyl (C=O) groups excluding carboxylic acids is 2. The Labute approximate surface area is 189 Å². The van der Waals surface area contributed by atoms with E-state index in [0.29, 0.717) is 43.8 Å². The standard InChI is InChI=1S/C26H31N3O3/c30-22(16-18-6-1-2-7-18)29-14-11-26(12-15-29)21-10-4-3-9-20(21)23(24(26)31)28-25(32)19-8-5-13-27-17-19/h3-5,8-10,13,17-18,23-24,31H,1-2,6-7,11-12,14-16H2,(H,28,32)/t23-,24+/m1/s1. The van der Waals surface area contributed by atoms with Crippen LogP contribution in [0, 0.1) is 5.92 Å². The molecule has 1 saturated carbocycles. The molecule has 6 nitrogen and oxygen atoms in total. The second-order valence-corrected chi connectivity index (χ2v) is 9.62. The summed E-state index contributed by atoms with van der Waals surface area (Å²) in [7, 11) is 0. The number of pyridine rings is 1. The van der Waals surface area contributed by atoms with Gasteiger partial charge in [-0.1, -0.05) is 37.1 Å². The van der Waals surface area contributed by atoms with Gasteiger partial charge in [-0.05, 0) is 54.9 Å². The average Bonchev–Trinajstić information content (AvgIpc) is 3.42. The number of rotatable bonds is 4. The third kappa shape index (κ3) is 3.71. The molecule has 2 fully saturated rings. The van der Waals surface area contributed by atoms with Gasteiger partial charge < -0.3 is 15.3 Å². The molecule has 1 spiro atoms. The number of nitrogens with one attached hydrogen (secondary N) is 1. The van der Waals surface area contributed by atoms with E-state index in [1.807, 2.05) is 23.1 Å². The molecule has 0 bridgehead atoms. The fourth-order valence-corrected chi connectivity index (χ4v) is 6.06. The van der Waals surface area contributed by atoms with Gasteiger partial charge in [-0.3, -0.25) is 14.6 Å². The monoisotopic (exact) mass is 433 g/mol. The van der Waals surface area contributed by atoms with Crippen LogP contribution >= 0.6 is 0 Å². The highest BCUT2D eigenvalue weighted by Gasteiger charge is 2.53. The van der Waals surface area contributed by atoms with Crippen LogP contribution in [0.4, 0.5) is 0 Å². The van der Waals surface area contributed by atoms with E-state index in [0.717, 1.165) is 11.1 Å². The maximum Gasteiger partial charge on any atom is 0.253 e. The van der Waals surface area contributed by atoms with Crippen molar-refractivity contribution in [2.75, 3.05) is 13.1 Å². The number of hydrogen-bond acceptors (Lipinski definition) is 4. The molecule has 1 aromatic carbocycles. The van der Waals surface area contributed by atoms with Gasteiger partial charge in [-0.2, -0.15) is 0 Å². The van der Waals surface area contributed by atoms with Crippen molar-refractivity contribution in [2.45, 2.75) is 62.5 Å². The number of aromatic nitrogens is 1. The predicted molar refractivity (Wildman–Crippen MR) is 121 cm³/mol. The number of aliphatic hydroxyl groups is 1. The summed E-state index contributed by atoms with van der Waals surface area (Å²) in [5.41, 5.74) is 2.12. The van der Waals surface area contributed by atoms with E-state index >= 15 is 0 Å². The van der Waals surface area contributed by atoms with Crippen molar-refractivity contribution in [1.82, 2.24) is 15.2 Å². The van der Waals surface area contributed by atoms with Gasteiger partial charge in [0.1, 0.15) is 0 Å². The first-order valence-electron chi connectivity index (χ1n) is 11.8. The topological polar surface area (TPSA) is 82.5 Å². The van der Waals surface area contributed by atoms with Crippen LogP contribution in [0.5, 0.6) is 0 Å². The molecule has 0 unspecified atom stereocenters. The highest BCUT2D eigenvalue weighted by Crippen LogP contribution is 2.51. The Morgan fingerprint density at radius 2 is 1.84 bits per heavy atom. The molecule has 0 radical (unpaired) electrons. The first-order chi connectivity index (χ1) is 15.6. The number of benzene rings is 1. The van der Waals surface area contributed by atoms with Crippen LogP contribution in [0.3, 0.4) is 0 Å². The number of carbonyl (C=O) groups is 2. The summed E-state index contributed by atoms with van der Waals surface area (Å²) in [6, 6.07) is 11.0. The summed E-state index contributed by atoms with van der Waals surface area (Å²) >= 11 is 0. The lowest BCUT2D eigenvalue weighted by molar-refractivity contribution is -0.134. The van der Waals surface area contributed by atoms with Crippen LogP contribution < -0.4 is 5.32 Å². The van der Waals surface area contributed by atoms with E-state index in [-0.39, 0.29) is 11.8 Å². The Kier molecular flexibility index (Phi) is 5.72. The van der Waals surface area contributed by atoms with Crippen molar-refractivity contribution in [1.29, 1.82) is 0 Å². The second-order valence-electron chi connectivity index (χ2n) is 9.62. The Balaban J connectivity index is 1.32. The van der Waals surface area contributed by atoms with Gasteiger partial charge in [-0.15, -0.1) is 0 Å². The molecular formula is C26H31N3O3. The van der Waals surface area contributed by atoms with Gasteiger partial charge in [-0.25, -0.2) is 0 Å². The summed E-state index contributed by atoms with van der Waals surface area (Å²) in [4.78, 5) is 31.7. The van der Waals surface area contributed by atoms with E-state index in [4.69, 9.17) is 0 Å². The molecule has 5 rings (SSSR count). The zero-order chi connectivity index (χ0) is 22.1. The maximum atomic E-state index is 12.9. The number of nitrogens with zero attached hydrogens (tertiary/aromatic N) is 2. The van der Waals surface area contributed by atoms with Gasteiger partial charge in [0.25, 0.3) is 5.91 Å². The fourth-order valence-electron chi connectivity index (χ4n) is 6.06. The third-order valence-corrected chi connectivity index (χ3v) is 7.87. The number of aliphatic hydroxyl groups excluding tert-OH is 1. The van der Waals surface area contributed by atoms with Crippen LogP contribution in [0.15, 0.2) is 48.8 Å². The third-order valence-electron chi connectivity index (χ3n) is 7.87. The quantitative estimate of drug-likeness (QED) is 0.775. The lowest BCUT2D eigenvalue weighted by atomic mass is 9.72. The molecule has 32 heavy (non-hydrogen) atoms. The van der Waals surface area contributed by atoms with Crippen molar-refractivity contribution in [2.24, 2.45) is 5.92 Å². The van der Waals surface area contributed by atoms with Gasteiger partial charge >= 0.3 is 0 Å². The molecule has 2 aromatic rings. The van der Waals surface area contributed by atoms with Crippen LogP contribution in [-0.2, 0) is 10.2 Å². The van der Waals surface area contributed by atoms with Gasteiger partial charge in [0.05, 0.1) is 17.7 Å². The van der Waals surface area contributed by atoms with Gasteiger partial charge in [0.15, 0.2) is 0 Å². The lowest BCUT2D eigenvalue weighted by Crippen LogP contribution is -2.51. The summed E-state index contributed by atoms with van der Waals surface area (Å²) < 4.78 is 0. The van der Waals surface area contributed by atoms with Crippen LogP contribution in [0.2, 0.25) is 0 Å². The number of hydrogen-bond donors (Lipinski definition) is 2. The SMILES string of the molecule is O=C(N[C@@H]1c2ccccc2C2(CCN(C(=O)CC3CCCC3)CC2)[C@H]1O)c1cccnc1. The van der Waals surface area contributed by atoms with Crippen molar-refractivity contribution in [3.05, 3.63) is 65.5 Å². The predicted octanol–water partition coefficient (Wildman–Crippen LogP) is 3.37. The summed E-state index contributed by atoms with van der Waals surface area (Å²) in [6.45, 7) is 1.31. The number of piperidine rings is 1. The summed E-state index contributed by atoms with van der Waals surface area (Å²) in [5, 5.41) is 14.5.